The Morgan fingerprint density at radius 1 is 0.917 bits per heavy atom. The molecule has 4 heteroatoms. The van der Waals surface area contributed by atoms with E-state index in [1.165, 1.54) is 17.8 Å². The van der Waals surface area contributed by atoms with Crippen molar-refractivity contribution < 1.29 is 10.0 Å². The van der Waals surface area contributed by atoms with Gasteiger partial charge < -0.3 is 0 Å². The van der Waals surface area contributed by atoms with E-state index in [1.807, 2.05) is 42.5 Å². The fourth-order valence-corrected chi connectivity index (χ4v) is 2.34. The molecule has 0 bridgehead atoms. The van der Waals surface area contributed by atoms with Gasteiger partial charge in [-0.1, -0.05) is 60.7 Å². The van der Waals surface area contributed by atoms with Crippen LogP contribution in [-0.4, -0.2) is 16.1 Å². The van der Waals surface area contributed by atoms with Crippen molar-refractivity contribution >= 4 is 18.1 Å². The Balaban J connectivity index is 1.76. The van der Waals surface area contributed by atoms with E-state index in [0.29, 0.717) is 11.3 Å². The molecule has 24 heavy (non-hydrogen) atoms. The lowest BCUT2D eigenvalue weighted by Gasteiger charge is -2.02. The van der Waals surface area contributed by atoms with E-state index in [2.05, 4.69) is 29.2 Å². The van der Waals surface area contributed by atoms with Crippen molar-refractivity contribution in [2.45, 2.75) is 0 Å². The molecule has 0 saturated heterocycles. The van der Waals surface area contributed by atoms with Gasteiger partial charge in [-0.2, -0.15) is 0 Å². The molecule has 1 aromatic heterocycles. The Labute approximate surface area is 140 Å². The summed E-state index contributed by atoms with van der Waals surface area (Å²) >= 11 is 0. The maximum absolute atomic E-state index is 11.4. The van der Waals surface area contributed by atoms with Crippen molar-refractivity contribution in [1.82, 2.24) is 10.5 Å². The van der Waals surface area contributed by atoms with Gasteiger partial charge >= 0.3 is 0 Å². The standard InChI is InChI=1S/C20H16N2O2/c23-20(22-24)18-12-13-21-19(14-18)11-8-15-6-9-17(10-7-15)16-4-2-1-3-5-16/h1-14,24H,(H,22,23). The molecule has 2 aromatic carbocycles. The molecular formula is C20H16N2O2. The third-order valence-corrected chi connectivity index (χ3v) is 3.61. The molecular weight excluding hydrogens is 300 g/mol. The quantitative estimate of drug-likeness (QED) is 0.564. The molecule has 3 rings (SSSR count). The second-order valence-electron chi connectivity index (χ2n) is 5.23. The molecule has 0 radical (unpaired) electrons. The lowest BCUT2D eigenvalue weighted by atomic mass is 10.0. The van der Waals surface area contributed by atoms with Gasteiger partial charge in [0, 0.05) is 11.8 Å². The summed E-state index contributed by atoms with van der Waals surface area (Å²) in [5, 5.41) is 8.67. The molecule has 0 aliphatic rings. The van der Waals surface area contributed by atoms with Crippen LogP contribution in [0.2, 0.25) is 0 Å². The molecule has 0 fully saturated rings. The van der Waals surface area contributed by atoms with Gasteiger partial charge in [-0.05, 0) is 34.9 Å². The zero-order valence-corrected chi connectivity index (χ0v) is 12.9. The van der Waals surface area contributed by atoms with E-state index in [-0.39, 0.29) is 0 Å². The predicted molar refractivity (Wildman–Crippen MR) is 94.3 cm³/mol. The van der Waals surface area contributed by atoms with Gasteiger partial charge in [0.1, 0.15) is 0 Å². The molecule has 1 heterocycles. The van der Waals surface area contributed by atoms with Crippen molar-refractivity contribution in [2.24, 2.45) is 0 Å². The fraction of sp³-hybridized carbons (Fsp3) is 0. The number of carbonyl (C=O) groups excluding carboxylic acids is 1. The van der Waals surface area contributed by atoms with Crippen LogP contribution >= 0.6 is 0 Å². The summed E-state index contributed by atoms with van der Waals surface area (Å²) in [6.07, 6.45) is 5.28. The summed E-state index contributed by atoms with van der Waals surface area (Å²) in [7, 11) is 0. The molecule has 0 aliphatic carbocycles. The number of hydrogen-bond acceptors (Lipinski definition) is 3. The van der Waals surface area contributed by atoms with E-state index < -0.39 is 5.91 Å². The predicted octanol–water partition coefficient (Wildman–Crippen LogP) is 4.04. The monoisotopic (exact) mass is 316 g/mol. The number of carbonyl (C=O) groups is 1. The molecule has 0 saturated carbocycles. The van der Waals surface area contributed by atoms with Gasteiger partial charge in [0.15, 0.2) is 0 Å². The smallest absolute Gasteiger partial charge is 0.274 e. The van der Waals surface area contributed by atoms with Crippen LogP contribution in [0.4, 0.5) is 0 Å². The molecule has 0 atom stereocenters. The zero-order valence-electron chi connectivity index (χ0n) is 12.9. The fourth-order valence-electron chi connectivity index (χ4n) is 2.34. The van der Waals surface area contributed by atoms with Gasteiger partial charge in [-0.15, -0.1) is 0 Å². The van der Waals surface area contributed by atoms with Crippen LogP contribution in [0.3, 0.4) is 0 Å². The van der Waals surface area contributed by atoms with E-state index in [9.17, 15) is 4.79 Å². The SMILES string of the molecule is O=C(NO)c1ccnc(C=Cc2ccc(-c3ccccc3)cc2)c1. The highest BCUT2D eigenvalue weighted by Crippen LogP contribution is 2.20. The van der Waals surface area contributed by atoms with Gasteiger partial charge in [-0.25, -0.2) is 5.48 Å². The second-order valence-corrected chi connectivity index (χ2v) is 5.23. The van der Waals surface area contributed by atoms with E-state index in [1.54, 1.807) is 11.5 Å². The normalized spacial score (nSPS) is 10.7. The number of aromatic nitrogens is 1. The number of nitrogens with one attached hydrogen (secondary N) is 1. The van der Waals surface area contributed by atoms with Crippen LogP contribution in [0.15, 0.2) is 72.9 Å². The summed E-state index contributed by atoms with van der Waals surface area (Å²) in [4.78, 5) is 15.6. The van der Waals surface area contributed by atoms with Crippen LogP contribution in [-0.2, 0) is 0 Å². The molecule has 0 unspecified atom stereocenters. The number of hydroxylamine groups is 1. The molecule has 0 aliphatic heterocycles. The number of hydrogen-bond donors (Lipinski definition) is 2. The van der Waals surface area contributed by atoms with Crippen LogP contribution in [0.25, 0.3) is 23.3 Å². The van der Waals surface area contributed by atoms with Crippen molar-refractivity contribution in [3.05, 3.63) is 89.7 Å². The Morgan fingerprint density at radius 2 is 1.62 bits per heavy atom. The number of nitrogens with zero attached hydrogens (tertiary/aromatic N) is 1. The third kappa shape index (κ3) is 3.74. The minimum absolute atomic E-state index is 0.353. The summed E-state index contributed by atoms with van der Waals surface area (Å²) in [6, 6.07) is 21.5. The van der Waals surface area contributed by atoms with Gasteiger partial charge in [-0.3, -0.25) is 15.0 Å². The summed E-state index contributed by atoms with van der Waals surface area (Å²) in [5.74, 6) is -0.556. The first-order valence-electron chi connectivity index (χ1n) is 7.50. The highest BCUT2D eigenvalue weighted by atomic mass is 16.5. The number of pyridine rings is 1. The Morgan fingerprint density at radius 3 is 2.33 bits per heavy atom. The van der Waals surface area contributed by atoms with Gasteiger partial charge in [0.05, 0.1) is 5.69 Å². The highest BCUT2D eigenvalue weighted by molar-refractivity contribution is 5.93. The summed E-state index contributed by atoms with van der Waals surface area (Å²) < 4.78 is 0. The minimum Gasteiger partial charge on any atom is -0.288 e. The Kier molecular flexibility index (Phi) is 4.79. The lowest BCUT2D eigenvalue weighted by Crippen LogP contribution is -2.18. The van der Waals surface area contributed by atoms with Gasteiger partial charge in [0.2, 0.25) is 0 Å². The average molecular weight is 316 g/mol. The summed E-state index contributed by atoms with van der Waals surface area (Å²) in [5.41, 5.74) is 5.98. The maximum Gasteiger partial charge on any atom is 0.274 e. The van der Waals surface area contributed by atoms with Crippen molar-refractivity contribution in [2.75, 3.05) is 0 Å². The van der Waals surface area contributed by atoms with E-state index in [0.717, 1.165) is 11.1 Å². The summed E-state index contributed by atoms with van der Waals surface area (Å²) in [6.45, 7) is 0. The third-order valence-electron chi connectivity index (χ3n) is 3.61. The van der Waals surface area contributed by atoms with Crippen LogP contribution in [0, 0.1) is 0 Å². The average Bonchev–Trinajstić information content (AvgIpc) is 2.67. The minimum atomic E-state index is -0.556. The molecule has 118 valence electrons. The molecule has 0 spiro atoms. The zero-order chi connectivity index (χ0) is 16.8. The van der Waals surface area contributed by atoms with Crippen molar-refractivity contribution in [1.29, 1.82) is 0 Å². The van der Waals surface area contributed by atoms with Crippen LogP contribution in [0.1, 0.15) is 21.6 Å². The first kappa shape index (κ1) is 15.6. The first-order chi connectivity index (χ1) is 11.8. The van der Waals surface area contributed by atoms with E-state index in [4.69, 9.17) is 5.21 Å². The van der Waals surface area contributed by atoms with E-state index >= 15 is 0 Å². The lowest BCUT2D eigenvalue weighted by molar-refractivity contribution is 0.0706. The number of rotatable bonds is 4. The molecule has 4 nitrogen and oxygen atoms in total. The molecule has 2 N–H and O–H groups in total. The largest absolute Gasteiger partial charge is 0.288 e. The first-order valence-corrected chi connectivity index (χ1v) is 7.50. The molecule has 3 aromatic rings. The Hall–Kier alpha value is -3.24. The van der Waals surface area contributed by atoms with Crippen LogP contribution in [0.5, 0.6) is 0 Å². The van der Waals surface area contributed by atoms with Crippen molar-refractivity contribution in [3.8, 4) is 11.1 Å². The Bertz CT molecular complexity index is 856. The maximum atomic E-state index is 11.4. The van der Waals surface area contributed by atoms with Crippen LogP contribution < -0.4 is 5.48 Å². The molecule has 1 amide bonds. The van der Waals surface area contributed by atoms with Crippen molar-refractivity contribution in [3.63, 3.8) is 0 Å². The number of benzene rings is 2. The second kappa shape index (κ2) is 7.35. The number of amides is 1. The topological polar surface area (TPSA) is 62.2 Å². The van der Waals surface area contributed by atoms with Gasteiger partial charge in [0.25, 0.3) is 5.91 Å². The highest BCUT2D eigenvalue weighted by Gasteiger charge is 2.03.